The summed E-state index contributed by atoms with van der Waals surface area (Å²) in [7, 11) is 0. The van der Waals surface area contributed by atoms with Gasteiger partial charge in [-0.25, -0.2) is 9.37 Å². The van der Waals surface area contributed by atoms with Gasteiger partial charge in [0.1, 0.15) is 5.82 Å². The van der Waals surface area contributed by atoms with Crippen LogP contribution in [0.25, 0.3) is 11.3 Å². The number of halogens is 1. The molecule has 0 spiro atoms. The van der Waals surface area contributed by atoms with Gasteiger partial charge in [-0.3, -0.25) is 9.59 Å². The number of carbonyl (C=O) groups excluding carboxylic acids is 2. The second-order valence-corrected chi connectivity index (χ2v) is 6.57. The Morgan fingerprint density at radius 2 is 1.87 bits per heavy atom. The molecule has 1 heterocycles. The van der Waals surface area contributed by atoms with Gasteiger partial charge in [0.25, 0.3) is 5.91 Å². The predicted molar refractivity (Wildman–Crippen MR) is 110 cm³/mol. The van der Waals surface area contributed by atoms with Gasteiger partial charge >= 0.3 is 5.97 Å². The molecule has 3 rings (SSSR count). The molecule has 1 amide bonds. The SMILES string of the molecule is N#CCCN(C(=O)COC(=O)CCc1ncc(-c2ccc(F)cc2)o1)c1ccccc1. The van der Waals surface area contributed by atoms with Gasteiger partial charge in [0.05, 0.1) is 25.1 Å². The van der Waals surface area contributed by atoms with Gasteiger partial charge in [-0.2, -0.15) is 5.26 Å². The fraction of sp³-hybridized carbons (Fsp3) is 0.217. The van der Waals surface area contributed by atoms with Crippen molar-refractivity contribution in [2.24, 2.45) is 0 Å². The molecule has 3 aromatic rings. The number of nitriles is 1. The molecule has 0 saturated heterocycles. The highest BCUT2D eigenvalue weighted by Gasteiger charge is 2.18. The van der Waals surface area contributed by atoms with Gasteiger partial charge in [-0.15, -0.1) is 0 Å². The van der Waals surface area contributed by atoms with E-state index in [1.54, 1.807) is 36.4 Å². The quantitative estimate of drug-likeness (QED) is 0.486. The zero-order valence-electron chi connectivity index (χ0n) is 16.7. The number of aryl methyl sites for hydroxylation is 1. The number of benzene rings is 2. The fourth-order valence-corrected chi connectivity index (χ4v) is 2.84. The van der Waals surface area contributed by atoms with Crippen LogP contribution in [-0.2, 0) is 20.7 Å². The van der Waals surface area contributed by atoms with Gasteiger partial charge < -0.3 is 14.1 Å². The van der Waals surface area contributed by atoms with Crippen molar-refractivity contribution in [3.05, 3.63) is 72.5 Å². The summed E-state index contributed by atoms with van der Waals surface area (Å²) >= 11 is 0. The monoisotopic (exact) mass is 421 g/mol. The minimum atomic E-state index is -0.567. The van der Waals surface area contributed by atoms with E-state index in [4.69, 9.17) is 14.4 Å². The van der Waals surface area contributed by atoms with E-state index in [9.17, 15) is 14.0 Å². The van der Waals surface area contributed by atoms with Crippen molar-refractivity contribution in [2.45, 2.75) is 19.3 Å². The minimum absolute atomic E-state index is 0.0137. The summed E-state index contributed by atoms with van der Waals surface area (Å²) in [4.78, 5) is 30.1. The molecule has 0 aliphatic heterocycles. The van der Waals surface area contributed by atoms with Gasteiger partial charge in [-0.1, -0.05) is 18.2 Å². The maximum absolute atomic E-state index is 13.0. The highest BCUT2D eigenvalue weighted by molar-refractivity contribution is 5.95. The summed E-state index contributed by atoms with van der Waals surface area (Å²) in [5.41, 5.74) is 1.30. The molecule has 0 bridgehead atoms. The Hall–Kier alpha value is -3.99. The summed E-state index contributed by atoms with van der Waals surface area (Å²) in [6.07, 6.45) is 1.85. The van der Waals surface area contributed by atoms with E-state index in [1.165, 1.54) is 23.2 Å². The molecule has 0 aliphatic carbocycles. The molecular weight excluding hydrogens is 401 g/mol. The van der Waals surface area contributed by atoms with Crippen LogP contribution in [0.1, 0.15) is 18.7 Å². The zero-order chi connectivity index (χ0) is 22.1. The first kappa shape index (κ1) is 21.7. The molecule has 0 saturated carbocycles. The third kappa shape index (κ3) is 6.24. The fourth-order valence-electron chi connectivity index (χ4n) is 2.84. The number of nitrogens with zero attached hydrogens (tertiary/aromatic N) is 3. The first-order valence-corrected chi connectivity index (χ1v) is 9.65. The summed E-state index contributed by atoms with van der Waals surface area (Å²) < 4.78 is 23.7. The summed E-state index contributed by atoms with van der Waals surface area (Å²) in [6, 6.07) is 16.7. The number of rotatable bonds is 9. The van der Waals surface area contributed by atoms with Crippen LogP contribution >= 0.6 is 0 Å². The Morgan fingerprint density at radius 1 is 1.13 bits per heavy atom. The van der Waals surface area contributed by atoms with E-state index in [1.807, 2.05) is 12.1 Å². The second-order valence-electron chi connectivity index (χ2n) is 6.57. The maximum Gasteiger partial charge on any atom is 0.306 e. The lowest BCUT2D eigenvalue weighted by Crippen LogP contribution is -2.35. The molecular formula is C23H20FN3O4. The lowest BCUT2D eigenvalue weighted by molar-refractivity contribution is -0.147. The third-order valence-corrected chi connectivity index (χ3v) is 4.40. The molecule has 1 aromatic heterocycles. The highest BCUT2D eigenvalue weighted by atomic mass is 19.1. The summed E-state index contributed by atoms with van der Waals surface area (Å²) in [5.74, 6) is -0.524. The van der Waals surface area contributed by atoms with E-state index < -0.39 is 18.5 Å². The van der Waals surface area contributed by atoms with Crippen LogP contribution in [0.15, 0.2) is 65.2 Å². The number of aromatic nitrogens is 1. The Kier molecular flexibility index (Phi) is 7.49. The smallest absolute Gasteiger partial charge is 0.306 e. The molecule has 0 fully saturated rings. The normalized spacial score (nSPS) is 10.3. The number of esters is 1. The number of amides is 1. The van der Waals surface area contributed by atoms with Crippen LogP contribution in [0.2, 0.25) is 0 Å². The van der Waals surface area contributed by atoms with E-state index in [-0.39, 0.29) is 31.6 Å². The third-order valence-electron chi connectivity index (χ3n) is 4.40. The van der Waals surface area contributed by atoms with E-state index in [2.05, 4.69) is 4.98 Å². The van der Waals surface area contributed by atoms with Crippen LogP contribution in [0.5, 0.6) is 0 Å². The van der Waals surface area contributed by atoms with Crippen molar-refractivity contribution in [1.82, 2.24) is 4.98 Å². The first-order valence-electron chi connectivity index (χ1n) is 9.65. The molecule has 0 unspecified atom stereocenters. The molecule has 158 valence electrons. The maximum atomic E-state index is 13.0. The number of para-hydroxylation sites is 1. The van der Waals surface area contributed by atoms with Crippen LogP contribution < -0.4 is 4.90 Å². The molecule has 2 aromatic carbocycles. The number of carbonyl (C=O) groups is 2. The number of hydrogen-bond donors (Lipinski definition) is 0. The van der Waals surface area contributed by atoms with Crippen LogP contribution in [-0.4, -0.2) is 30.0 Å². The zero-order valence-corrected chi connectivity index (χ0v) is 16.7. The molecule has 0 aliphatic rings. The van der Waals surface area contributed by atoms with E-state index in [0.29, 0.717) is 22.9 Å². The topological polar surface area (TPSA) is 96.4 Å². The summed E-state index contributed by atoms with van der Waals surface area (Å²) in [5, 5.41) is 8.82. The van der Waals surface area contributed by atoms with Crippen molar-refractivity contribution < 1.29 is 23.1 Å². The van der Waals surface area contributed by atoms with Gasteiger partial charge in [0.2, 0.25) is 0 Å². The first-order chi connectivity index (χ1) is 15.1. The Morgan fingerprint density at radius 3 is 2.58 bits per heavy atom. The molecule has 0 atom stereocenters. The van der Waals surface area contributed by atoms with Gasteiger partial charge in [0, 0.05) is 24.2 Å². The molecule has 7 nitrogen and oxygen atoms in total. The van der Waals surface area contributed by atoms with Crippen LogP contribution in [0.4, 0.5) is 10.1 Å². The van der Waals surface area contributed by atoms with E-state index in [0.717, 1.165) is 0 Å². The van der Waals surface area contributed by atoms with Crippen molar-refractivity contribution in [3.63, 3.8) is 0 Å². The second kappa shape index (κ2) is 10.7. The Bertz CT molecular complexity index is 1060. The molecule has 8 heteroatoms. The van der Waals surface area contributed by atoms with Gasteiger partial charge in [0.15, 0.2) is 18.3 Å². The van der Waals surface area contributed by atoms with Gasteiger partial charge in [-0.05, 0) is 36.4 Å². The number of oxazole rings is 1. The van der Waals surface area contributed by atoms with Crippen molar-refractivity contribution in [1.29, 1.82) is 5.26 Å². The lowest BCUT2D eigenvalue weighted by atomic mass is 10.2. The lowest BCUT2D eigenvalue weighted by Gasteiger charge is -2.21. The number of hydrogen-bond acceptors (Lipinski definition) is 6. The average molecular weight is 421 g/mol. The average Bonchev–Trinajstić information content (AvgIpc) is 3.27. The molecule has 0 radical (unpaired) electrons. The highest BCUT2D eigenvalue weighted by Crippen LogP contribution is 2.21. The predicted octanol–water partition coefficient (Wildman–Crippen LogP) is 3.90. The standard InChI is InChI=1S/C23H20FN3O4/c24-18-9-7-17(8-10-18)20-15-26-21(31-20)11-12-23(29)30-16-22(28)27(14-4-13-25)19-5-2-1-3-6-19/h1-3,5-10,15H,4,11-12,14,16H2. The molecule has 31 heavy (non-hydrogen) atoms. The molecule has 0 N–H and O–H groups in total. The number of ether oxygens (including phenoxy) is 1. The van der Waals surface area contributed by atoms with E-state index >= 15 is 0 Å². The van der Waals surface area contributed by atoms with Crippen molar-refractivity contribution in [2.75, 3.05) is 18.1 Å². The summed E-state index contributed by atoms with van der Waals surface area (Å²) in [6.45, 7) is -0.217. The minimum Gasteiger partial charge on any atom is -0.456 e. The van der Waals surface area contributed by atoms with Crippen LogP contribution in [0.3, 0.4) is 0 Å². The van der Waals surface area contributed by atoms with Crippen molar-refractivity contribution >= 4 is 17.6 Å². The number of anilines is 1. The van der Waals surface area contributed by atoms with Crippen LogP contribution in [0, 0.1) is 17.1 Å². The Balaban J connectivity index is 1.50. The largest absolute Gasteiger partial charge is 0.456 e. The van der Waals surface area contributed by atoms with Crippen molar-refractivity contribution in [3.8, 4) is 17.4 Å². The Labute approximate surface area is 178 Å².